The molecule has 1 aromatic rings. The Morgan fingerprint density at radius 3 is 2.93 bits per heavy atom. The molecule has 0 radical (unpaired) electrons. The molecule has 0 aliphatic rings. The molecule has 78 valence electrons. The van der Waals surface area contributed by atoms with E-state index in [1.165, 1.54) is 12.1 Å². The topological polar surface area (TPSA) is 26.0 Å². The van der Waals surface area contributed by atoms with Crippen molar-refractivity contribution in [2.45, 2.75) is 12.5 Å². The zero-order valence-corrected chi connectivity index (χ0v) is 9.54. The van der Waals surface area contributed by atoms with Gasteiger partial charge in [0.1, 0.15) is 5.82 Å². The van der Waals surface area contributed by atoms with Gasteiger partial charge >= 0.3 is 0 Å². The maximum atomic E-state index is 13.3. The lowest BCUT2D eigenvalue weighted by Gasteiger charge is -2.12. The summed E-state index contributed by atoms with van der Waals surface area (Å²) in [5, 5.41) is 0.529. The van der Waals surface area contributed by atoms with Crippen LogP contribution in [-0.4, -0.2) is 12.0 Å². The van der Waals surface area contributed by atoms with Crippen LogP contribution >= 0.6 is 23.4 Å². The third-order valence-corrected chi connectivity index (χ3v) is 2.87. The second kappa shape index (κ2) is 5.59. The van der Waals surface area contributed by atoms with Crippen LogP contribution in [0.1, 0.15) is 18.0 Å². The van der Waals surface area contributed by atoms with Gasteiger partial charge in [-0.1, -0.05) is 11.6 Å². The largest absolute Gasteiger partial charge is 0.324 e. The van der Waals surface area contributed by atoms with Crippen molar-refractivity contribution in [1.29, 1.82) is 0 Å². The van der Waals surface area contributed by atoms with E-state index in [9.17, 15) is 4.39 Å². The molecule has 0 spiro atoms. The van der Waals surface area contributed by atoms with Gasteiger partial charge in [-0.15, -0.1) is 0 Å². The summed E-state index contributed by atoms with van der Waals surface area (Å²) in [7, 11) is 0. The molecule has 1 nitrogen and oxygen atoms in total. The molecule has 0 fully saturated rings. The smallest absolute Gasteiger partial charge is 0.128 e. The molecule has 0 aromatic heterocycles. The van der Waals surface area contributed by atoms with E-state index in [0.29, 0.717) is 10.6 Å². The van der Waals surface area contributed by atoms with Crippen molar-refractivity contribution in [3.05, 3.63) is 34.6 Å². The number of halogens is 2. The second-order valence-corrected chi connectivity index (χ2v) is 4.48. The molecule has 0 aliphatic carbocycles. The highest BCUT2D eigenvalue weighted by molar-refractivity contribution is 7.98. The summed E-state index contributed by atoms with van der Waals surface area (Å²) in [6.45, 7) is 0. The highest BCUT2D eigenvalue weighted by Gasteiger charge is 2.11. The molecule has 1 rings (SSSR count). The van der Waals surface area contributed by atoms with Crippen molar-refractivity contribution in [2.75, 3.05) is 12.0 Å². The van der Waals surface area contributed by atoms with Crippen LogP contribution in [0.2, 0.25) is 5.02 Å². The number of rotatable bonds is 4. The average Bonchev–Trinajstić information content (AvgIpc) is 2.18. The number of hydrogen-bond acceptors (Lipinski definition) is 2. The van der Waals surface area contributed by atoms with E-state index in [1.807, 2.05) is 6.26 Å². The highest BCUT2D eigenvalue weighted by atomic mass is 35.5. The van der Waals surface area contributed by atoms with E-state index in [-0.39, 0.29) is 11.9 Å². The molecule has 14 heavy (non-hydrogen) atoms. The van der Waals surface area contributed by atoms with Crippen LogP contribution in [0.3, 0.4) is 0 Å². The molecule has 1 aromatic carbocycles. The first-order chi connectivity index (χ1) is 6.65. The quantitative estimate of drug-likeness (QED) is 0.864. The van der Waals surface area contributed by atoms with E-state index < -0.39 is 0 Å². The maximum absolute atomic E-state index is 13.3. The molecule has 0 amide bonds. The predicted molar refractivity (Wildman–Crippen MR) is 61.3 cm³/mol. The predicted octanol–water partition coefficient (Wildman–Crippen LogP) is 3.23. The third-order valence-electron chi connectivity index (χ3n) is 1.99. The molecule has 0 bridgehead atoms. The Kier molecular flexibility index (Phi) is 4.72. The third kappa shape index (κ3) is 3.15. The zero-order valence-electron chi connectivity index (χ0n) is 7.97. The molecular formula is C10H13ClFNS. The lowest BCUT2D eigenvalue weighted by molar-refractivity contribution is 0.577. The maximum Gasteiger partial charge on any atom is 0.128 e. The van der Waals surface area contributed by atoms with Gasteiger partial charge in [0.05, 0.1) is 0 Å². The first kappa shape index (κ1) is 11.8. The van der Waals surface area contributed by atoms with E-state index in [1.54, 1.807) is 17.8 Å². The molecule has 0 heterocycles. The van der Waals surface area contributed by atoms with Gasteiger partial charge in [0.2, 0.25) is 0 Å². The highest BCUT2D eigenvalue weighted by Crippen LogP contribution is 2.22. The van der Waals surface area contributed by atoms with Crippen LogP contribution in [0.15, 0.2) is 18.2 Å². The van der Waals surface area contributed by atoms with Gasteiger partial charge in [0.15, 0.2) is 0 Å². The molecule has 1 unspecified atom stereocenters. The van der Waals surface area contributed by atoms with Crippen LogP contribution in [0.25, 0.3) is 0 Å². The Bertz CT molecular complexity index is 306. The SMILES string of the molecule is CSCCC(N)c1cc(Cl)ccc1F. The van der Waals surface area contributed by atoms with Gasteiger partial charge in [-0.05, 0) is 36.6 Å². The van der Waals surface area contributed by atoms with Gasteiger partial charge in [0.25, 0.3) is 0 Å². The summed E-state index contributed by atoms with van der Waals surface area (Å²) >= 11 is 7.47. The Hall–Kier alpha value is -0.250. The molecule has 0 saturated carbocycles. The van der Waals surface area contributed by atoms with Crippen molar-refractivity contribution < 1.29 is 4.39 Å². The number of benzene rings is 1. The molecule has 2 N–H and O–H groups in total. The molecule has 1 atom stereocenters. The summed E-state index contributed by atoms with van der Waals surface area (Å²) < 4.78 is 13.3. The molecule has 0 saturated heterocycles. The minimum absolute atomic E-state index is 0.263. The van der Waals surface area contributed by atoms with Gasteiger partial charge in [0, 0.05) is 16.6 Å². The lowest BCUT2D eigenvalue weighted by atomic mass is 10.1. The summed E-state index contributed by atoms with van der Waals surface area (Å²) in [5.41, 5.74) is 6.34. The second-order valence-electron chi connectivity index (χ2n) is 3.05. The Balaban J connectivity index is 2.77. The van der Waals surface area contributed by atoms with Crippen LogP contribution in [-0.2, 0) is 0 Å². The molecular weight excluding hydrogens is 221 g/mol. The minimum atomic E-state index is -0.275. The number of hydrogen-bond donors (Lipinski definition) is 1. The van der Waals surface area contributed by atoms with Crippen molar-refractivity contribution >= 4 is 23.4 Å². The van der Waals surface area contributed by atoms with E-state index in [4.69, 9.17) is 17.3 Å². The summed E-state index contributed by atoms with van der Waals surface area (Å²) in [6.07, 6.45) is 2.76. The first-order valence-electron chi connectivity index (χ1n) is 4.34. The van der Waals surface area contributed by atoms with E-state index >= 15 is 0 Å². The number of thioether (sulfide) groups is 1. The fourth-order valence-electron chi connectivity index (χ4n) is 1.20. The number of nitrogens with two attached hydrogens (primary N) is 1. The zero-order chi connectivity index (χ0) is 10.6. The molecule has 4 heteroatoms. The fourth-order valence-corrected chi connectivity index (χ4v) is 1.87. The van der Waals surface area contributed by atoms with Crippen LogP contribution < -0.4 is 5.73 Å². The Labute approximate surface area is 92.8 Å². The first-order valence-corrected chi connectivity index (χ1v) is 6.11. The summed E-state index contributed by atoms with van der Waals surface area (Å²) in [4.78, 5) is 0. The van der Waals surface area contributed by atoms with E-state index in [0.717, 1.165) is 12.2 Å². The van der Waals surface area contributed by atoms with Gasteiger partial charge < -0.3 is 5.73 Å². The van der Waals surface area contributed by atoms with Crippen LogP contribution in [0.4, 0.5) is 4.39 Å². The minimum Gasteiger partial charge on any atom is -0.324 e. The van der Waals surface area contributed by atoms with Crippen molar-refractivity contribution in [2.24, 2.45) is 5.73 Å². The van der Waals surface area contributed by atoms with Crippen molar-refractivity contribution in [3.63, 3.8) is 0 Å². The van der Waals surface area contributed by atoms with Crippen molar-refractivity contribution in [3.8, 4) is 0 Å². The normalized spacial score (nSPS) is 12.9. The van der Waals surface area contributed by atoms with Crippen LogP contribution in [0.5, 0.6) is 0 Å². The fraction of sp³-hybridized carbons (Fsp3) is 0.400. The van der Waals surface area contributed by atoms with Crippen molar-refractivity contribution in [1.82, 2.24) is 0 Å². The van der Waals surface area contributed by atoms with Gasteiger partial charge in [-0.25, -0.2) is 4.39 Å². The van der Waals surface area contributed by atoms with Crippen LogP contribution in [0, 0.1) is 5.82 Å². The van der Waals surface area contributed by atoms with Gasteiger partial charge in [-0.3, -0.25) is 0 Å². The summed E-state index contributed by atoms with van der Waals surface area (Å²) in [6, 6.07) is 4.22. The van der Waals surface area contributed by atoms with E-state index in [2.05, 4.69) is 0 Å². The standard InChI is InChI=1S/C10H13ClFNS/c1-14-5-4-10(13)8-6-7(11)2-3-9(8)12/h2-3,6,10H,4-5,13H2,1H3. The monoisotopic (exact) mass is 233 g/mol. The average molecular weight is 234 g/mol. The summed E-state index contributed by atoms with van der Waals surface area (Å²) in [5.74, 6) is 0.649. The Morgan fingerprint density at radius 1 is 1.57 bits per heavy atom. The lowest BCUT2D eigenvalue weighted by Crippen LogP contribution is -2.13. The molecule has 0 aliphatic heterocycles. The Morgan fingerprint density at radius 2 is 2.29 bits per heavy atom. The van der Waals surface area contributed by atoms with Gasteiger partial charge in [-0.2, -0.15) is 11.8 Å².